The first kappa shape index (κ1) is 16.8. The van der Waals surface area contributed by atoms with E-state index in [4.69, 9.17) is 0 Å². The van der Waals surface area contributed by atoms with E-state index in [1.165, 1.54) is 0 Å². The molecule has 2 aromatic rings. The molecule has 1 aromatic carbocycles. The minimum absolute atomic E-state index is 0. The quantitative estimate of drug-likeness (QED) is 0.827. The lowest BCUT2D eigenvalue weighted by atomic mass is 9.97. The zero-order valence-corrected chi connectivity index (χ0v) is 13.4. The van der Waals surface area contributed by atoms with Gasteiger partial charge in [-0.25, -0.2) is 4.98 Å². The van der Waals surface area contributed by atoms with Gasteiger partial charge in [-0.3, -0.25) is 4.79 Å². The monoisotopic (exact) mass is 322 g/mol. The highest BCUT2D eigenvalue weighted by atomic mass is 35.5. The Balaban J connectivity index is 0.00000176. The second kappa shape index (κ2) is 8.15. The fourth-order valence-electron chi connectivity index (χ4n) is 2.88. The first-order valence-electron chi connectivity index (χ1n) is 7.73. The normalized spacial score (nSPS) is 15.5. The van der Waals surface area contributed by atoms with Gasteiger partial charge >= 0.3 is 0 Å². The number of nitrogens with zero attached hydrogens (tertiary/aromatic N) is 2. The van der Waals surface area contributed by atoms with Crippen LogP contribution >= 0.6 is 12.4 Å². The predicted octanol–water partition coefficient (Wildman–Crippen LogP) is 1.96. The molecule has 1 amide bonds. The third-order valence-corrected chi connectivity index (χ3v) is 4.11. The minimum atomic E-state index is 0. The Bertz CT molecular complexity index is 607. The van der Waals surface area contributed by atoms with Gasteiger partial charge in [0.1, 0.15) is 0 Å². The second-order valence-corrected chi connectivity index (χ2v) is 5.60. The fourth-order valence-corrected chi connectivity index (χ4v) is 2.88. The number of hydrogen-bond donors (Lipinski definition) is 2. The van der Waals surface area contributed by atoms with Crippen molar-refractivity contribution in [1.29, 1.82) is 0 Å². The third kappa shape index (κ3) is 3.99. The van der Waals surface area contributed by atoms with Crippen molar-refractivity contribution in [3.05, 3.63) is 30.6 Å². The Morgan fingerprint density at radius 3 is 2.91 bits per heavy atom. The number of para-hydroxylation sites is 2. The van der Waals surface area contributed by atoms with E-state index in [-0.39, 0.29) is 24.2 Å². The summed E-state index contributed by atoms with van der Waals surface area (Å²) in [4.78, 5) is 16.4. The van der Waals surface area contributed by atoms with Gasteiger partial charge in [0.15, 0.2) is 0 Å². The third-order valence-electron chi connectivity index (χ3n) is 4.11. The molecule has 1 aromatic heterocycles. The molecule has 1 saturated heterocycles. The summed E-state index contributed by atoms with van der Waals surface area (Å²) >= 11 is 0. The Labute approximate surface area is 136 Å². The van der Waals surface area contributed by atoms with Crippen molar-refractivity contribution in [3.8, 4) is 0 Å². The molecule has 0 bridgehead atoms. The molecule has 0 atom stereocenters. The highest BCUT2D eigenvalue weighted by Gasteiger charge is 2.19. The smallest absolute Gasteiger partial charge is 0.223 e. The molecule has 0 spiro atoms. The van der Waals surface area contributed by atoms with Crippen LogP contribution in [0.1, 0.15) is 19.3 Å². The van der Waals surface area contributed by atoms with Crippen LogP contribution in [-0.4, -0.2) is 35.1 Å². The van der Waals surface area contributed by atoms with Gasteiger partial charge in [-0.15, -0.1) is 12.4 Å². The van der Waals surface area contributed by atoms with Crippen molar-refractivity contribution in [1.82, 2.24) is 20.2 Å². The number of aromatic nitrogens is 2. The number of halogens is 1. The average Bonchev–Trinajstić information content (AvgIpc) is 2.95. The summed E-state index contributed by atoms with van der Waals surface area (Å²) in [7, 11) is 0. The topological polar surface area (TPSA) is 59.0 Å². The molecule has 6 heteroatoms. The predicted molar refractivity (Wildman–Crippen MR) is 90.2 cm³/mol. The molecule has 1 aliphatic rings. The maximum Gasteiger partial charge on any atom is 0.223 e. The van der Waals surface area contributed by atoms with Gasteiger partial charge < -0.3 is 15.2 Å². The summed E-state index contributed by atoms with van der Waals surface area (Å²) in [6.07, 6.45) is 4.71. The van der Waals surface area contributed by atoms with Gasteiger partial charge in [0.25, 0.3) is 0 Å². The van der Waals surface area contributed by atoms with Crippen LogP contribution in [0.25, 0.3) is 11.0 Å². The van der Waals surface area contributed by atoms with Gasteiger partial charge in [-0.05, 0) is 44.5 Å². The number of hydrogen-bond acceptors (Lipinski definition) is 3. The summed E-state index contributed by atoms with van der Waals surface area (Å²) < 4.78 is 2.14. The number of carbonyl (C=O) groups excluding carboxylic acids is 1. The summed E-state index contributed by atoms with van der Waals surface area (Å²) in [6.45, 7) is 3.53. The SMILES string of the molecule is Cl.O=C(NCCCn1cnc2ccccc21)C1CCNCC1. The number of benzene rings is 1. The Morgan fingerprint density at radius 1 is 1.32 bits per heavy atom. The molecule has 0 aliphatic carbocycles. The number of carbonyl (C=O) groups is 1. The first-order chi connectivity index (χ1) is 10.3. The van der Waals surface area contributed by atoms with Crippen LogP contribution in [-0.2, 0) is 11.3 Å². The average molecular weight is 323 g/mol. The maximum atomic E-state index is 12.0. The molecule has 0 unspecified atom stereocenters. The lowest BCUT2D eigenvalue weighted by Gasteiger charge is -2.21. The standard InChI is InChI=1S/C16H22N4O.ClH/c21-16(13-6-9-17-10-7-13)18-8-3-11-20-12-19-14-4-1-2-5-15(14)20;/h1-2,4-5,12-13,17H,3,6-11H2,(H,18,21);1H. The number of amides is 1. The second-order valence-electron chi connectivity index (χ2n) is 5.60. The number of imidazole rings is 1. The Hall–Kier alpha value is -1.59. The van der Waals surface area contributed by atoms with Crippen LogP contribution in [0.5, 0.6) is 0 Å². The Kier molecular flexibility index (Phi) is 6.21. The van der Waals surface area contributed by atoms with Crippen molar-refractivity contribution in [2.45, 2.75) is 25.8 Å². The minimum Gasteiger partial charge on any atom is -0.356 e. The highest BCUT2D eigenvalue weighted by molar-refractivity contribution is 5.85. The molecule has 0 radical (unpaired) electrons. The molecule has 3 rings (SSSR count). The van der Waals surface area contributed by atoms with Gasteiger partial charge in [0, 0.05) is 19.0 Å². The van der Waals surface area contributed by atoms with Crippen molar-refractivity contribution in [2.24, 2.45) is 5.92 Å². The van der Waals surface area contributed by atoms with Crippen molar-refractivity contribution in [3.63, 3.8) is 0 Å². The molecular weight excluding hydrogens is 300 g/mol. The van der Waals surface area contributed by atoms with Crippen LogP contribution in [0.15, 0.2) is 30.6 Å². The van der Waals surface area contributed by atoms with Gasteiger partial charge in [-0.1, -0.05) is 12.1 Å². The molecule has 2 heterocycles. The van der Waals surface area contributed by atoms with Crippen LogP contribution in [0.3, 0.4) is 0 Å². The number of fused-ring (bicyclic) bond motifs is 1. The van der Waals surface area contributed by atoms with E-state index >= 15 is 0 Å². The first-order valence-corrected chi connectivity index (χ1v) is 7.73. The van der Waals surface area contributed by atoms with E-state index in [0.29, 0.717) is 0 Å². The summed E-state index contributed by atoms with van der Waals surface area (Å²) in [6, 6.07) is 8.12. The molecule has 120 valence electrons. The molecule has 0 saturated carbocycles. The largest absolute Gasteiger partial charge is 0.356 e. The van der Waals surface area contributed by atoms with Gasteiger partial charge in [0.2, 0.25) is 5.91 Å². The van der Waals surface area contributed by atoms with E-state index in [2.05, 4.69) is 26.3 Å². The summed E-state index contributed by atoms with van der Waals surface area (Å²) in [5, 5.41) is 6.34. The number of piperidine rings is 1. The van der Waals surface area contributed by atoms with Gasteiger partial charge in [0.05, 0.1) is 17.4 Å². The highest BCUT2D eigenvalue weighted by Crippen LogP contribution is 2.13. The van der Waals surface area contributed by atoms with Crippen molar-refractivity contribution in [2.75, 3.05) is 19.6 Å². The van der Waals surface area contributed by atoms with Crippen molar-refractivity contribution >= 4 is 29.3 Å². The molecule has 22 heavy (non-hydrogen) atoms. The molecule has 5 nitrogen and oxygen atoms in total. The zero-order valence-electron chi connectivity index (χ0n) is 12.6. The lowest BCUT2D eigenvalue weighted by molar-refractivity contribution is -0.125. The molecule has 1 aliphatic heterocycles. The van der Waals surface area contributed by atoms with E-state index in [0.717, 1.165) is 56.5 Å². The van der Waals surface area contributed by atoms with Crippen LogP contribution < -0.4 is 10.6 Å². The van der Waals surface area contributed by atoms with E-state index in [1.807, 2.05) is 24.5 Å². The van der Waals surface area contributed by atoms with Crippen molar-refractivity contribution < 1.29 is 4.79 Å². The lowest BCUT2D eigenvalue weighted by Crippen LogP contribution is -2.38. The van der Waals surface area contributed by atoms with Gasteiger partial charge in [-0.2, -0.15) is 0 Å². The number of rotatable bonds is 5. The van der Waals surface area contributed by atoms with Crippen LogP contribution in [0, 0.1) is 5.92 Å². The van der Waals surface area contributed by atoms with E-state index < -0.39 is 0 Å². The summed E-state index contributed by atoms with van der Waals surface area (Å²) in [5.41, 5.74) is 2.18. The zero-order chi connectivity index (χ0) is 14.5. The van der Waals surface area contributed by atoms with E-state index in [1.54, 1.807) is 0 Å². The Morgan fingerprint density at radius 2 is 2.09 bits per heavy atom. The number of nitrogens with one attached hydrogen (secondary N) is 2. The maximum absolute atomic E-state index is 12.0. The molecule has 1 fully saturated rings. The molecular formula is C16H23ClN4O. The number of aryl methyl sites for hydroxylation is 1. The van der Waals surface area contributed by atoms with Crippen LogP contribution in [0.4, 0.5) is 0 Å². The summed E-state index contributed by atoms with van der Waals surface area (Å²) in [5.74, 6) is 0.410. The fraction of sp³-hybridized carbons (Fsp3) is 0.500. The molecule has 2 N–H and O–H groups in total. The van der Waals surface area contributed by atoms with Crippen LogP contribution in [0.2, 0.25) is 0 Å². The van der Waals surface area contributed by atoms with E-state index in [9.17, 15) is 4.79 Å².